The highest BCUT2D eigenvalue weighted by Crippen LogP contribution is 2.26. The van der Waals surface area contributed by atoms with Gasteiger partial charge in [0, 0.05) is 26.2 Å². The first-order valence-electron chi connectivity index (χ1n) is 7.18. The highest BCUT2D eigenvalue weighted by Gasteiger charge is 2.32. The fourth-order valence-electron chi connectivity index (χ4n) is 2.94. The van der Waals surface area contributed by atoms with Crippen LogP contribution in [0.2, 0.25) is 0 Å². The quantitative estimate of drug-likeness (QED) is 0.829. The molecule has 1 aromatic carbocycles. The molecule has 0 unspecified atom stereocenters. The minimum absolute atomic E-state index is 0.282. The number of ether oxygens (including phenoxy) is 1. The van der Waals surface area contributed by atoms with Crippen LogP contribution in [0.15, 0.2) is 17.0 Å². The number of hydrogen-bond acceptors (Lipinski definition) is 4. The summed E-state index contributed by atoms with van der Waals surface area (Å²) in [6, 6.07) is 3.76. The Morgan fingerprint density at radius 1 is 1.05 bits per heavy atom. The van der Waals surface area contributed by atoms with Crippen molar-refractivity contribution >= 4 is 16.1 Å². The molecule has 1 saturated heterocycles. The van der Waals surface area contributed by atoms with Crippen LogP contribution in [0, 0.1) is 20.8 Å². The van der Waals surface area contributed by atoms with E-state index < -0.39 is 16.1 Å². The zero-order chi connectivity index (χ0) is 16.5. The van der Waals surface area contributed by atoms with Crippen LogP contribution in [0.4, 0.5) is 4.79 Å². The van der Waals surface area contributed by atoms with Gasteiger partial charge in [-0.2, -0.15) is 4.31 Å². The Morgan fingerprint density at radius 3 is 2.00 bits per heavy atom. The number of amides is 1. The Morgan fingerprint density at radius 2 is 1.55 bits per heavy atom. The second-order valence-electron chi connectivity index (χ2n) is 5.59. The van der Waals surface area contributed by atoms with Gasteiger partial charge in [0.15, 0.2) is 0 Å². The molecule has 2 rings (SSSR count). The van der Waals surface area contributed by atoms with Gasteiger partial charge in [-0.05, 0) is 31.9 Å². The number of methoxy groups -OCH3 is 1. The Balaban J connectivity index is 2.25. The number of benzene rings is 1. The van der Waals surface area contributed by atoms with Crippen molar-refractivity contribution in [3.63, 3.8) is 0 Å². The minimum Gasteiger partial charge on any atom is -0.453 e. The number of carbonyl (C=O) groups is 1. The molecular weight excluding hydrogens is 304 g/mol. The third-order valence-corrected chi connectivity index (χ3v) is 6.08. The fraction of sp³-hybridized carbons (Fsp3) is 0.533. The first-order chi connectivity index (χ1) is 10.3. The smallest absolute Gasteiger partial charge is 0.409 e. The topological polar surface area (TPSA) is 66.9 Å². The zero-order valence-corrected chi connectivity index (χ0v) is 14.2. The van der Waals surface area contributed by atoms with Crippen LogP contribution in [-0.4, -0.2) is 57.0 Å². The van der Waals surface area contributed by atoms with E-state index in [-0.39, 0.29) is 13.1 Å². The maximum absolute atomic E-state index is 12.9. The maximum Gasteiger partial charge on any atom is 0.409 e. The predicted octanol–water partition coefficient (Wildman–Crippen LogP) is 1.68. The van der Waals surface area contributed by atoms with Crippen molar-refractivity contribution < 1.29 is 17.9 Å². The van der Waals surface area contributed by atoms with E-state index in [0.29, 0.717) is 18.0 Å². The van der Waals surface area contributed by atoms with Crippen LogP contribution in [0.1, 0.15) is 16.7 Å². The molecule has 1 aromatic rings. The summed E-state index contributed by atoms with van der Waals surface area (Å²) in [6.45, 7) is 6.83. The molecule has 0 N–H and O–H groups in total. The van der Waals surface area contributed by atoms with E-state index in [4.69, 9.17) is 0 Å². The van der Waals surface area contributed by atoms with Gasteiger partial charge in [0.2, 0.25) is 10.0 Å². The lowest BCUT2D eigenvalue weighted by atomic mass is 10.1. The molecule has 7 heteroatoms. The summed E-state index contributed by atoms with van der Waals surface area (Å²) in [4.78, 5) is 13.4. The second-order valence-corrected chi connectivity index (χ2v) is 7.46. The molecule has 1 aliphatic heterocycles. The van der Waals surface area contributed by atoms with Crippen molar-refractivity contribution in [3.05, 3.63) is 28.8 Å². The molecule has 1 amide bonds. The molecule has 6 nitrogen and oxygen atoms in total. The van der Waals surface area contributed by atoms with Crippen molar-refractivity contribution in [2.45, 2.75) is 25.7 Å². The van der Waals surface area contributed by atoms with Gasteiger partial charge in [0.25, 0.3) is 0 Å². The summed E-state index contributed by atoms with van der Waals surface area (Å²) < 4.78 is 31.9. The molecule has 0 saturated carbocycles. The standard InChI is InChI=1S/C15H22N2O4S/c1-11-9-12(2)14(13(3)10-11)22(19,20)17-7-5-16(6-8-17)15(18)21-4/h9-10H,5-8H2,1-4H3. The highest BCUT2D eigenvalue weighted by atomic mass is 32.2. The number of nitrogens with zero attached hydrogens (tertiary/aromatic N) is 2. The predicted molar refractivity (Wildman–Crippen MR) is 83.4 cm³/mol. The van der Waals surface area contributed by atoms with Crippen molar-refractivity contribution in [2.75, 3.05) is 33.3 Å². The first kappa shape index (κ1) is 16.8. The molecular formula is C15H22N2O4S. The number of piperazine rings is 1. The molecule has 1 fully saturated rings. The Hall–Kier alpha value is -1.60. The SMILES string of the molecule is COC(=O)N1CCN(S(=O)(=O)c2c(C)cc(C)cc2C)CC1. The Labute approximate surface area is 131 Å². The number of hydrogen-bond donors (Lipinski definition) is 0. The highest BCUT2D eigenvalue weighted by molar-refractivity contribution is 7.89. The molecule has 1 aliphatic rings. The van der Waals surface area contributed by atoms with E-state index >= 15 is 0 Å². The van der Waals surface area contributed by atoms with Gasteiger partial charge in [-0.15, -0.1) is 0 Å². The van der Waals surface area contributed by atoms with E-state index in [1.165, 1.54) is 16.3 Å². The summed E-state index contributed by atoms with van der Waals surface area (Å²) in [5.41, 5.74) is 2.56. The third-order valence-electron chi connectivity index (χ3n) is 3.87. The molecule has 0 radical (unpaired) electrons. The van der Waals surface area contributed by atoms with E-state index in [2.05, 4.69) is 4.74 Å². The molecule has 0 aromatic heterocycles. The molecule has 0 spiro atoms. The van der Waals surface area contributed by atoms with Crippen LogP contribution in [0.3, 0.4) is 0 Å². The lowest BCUT2D eigenvalue weighted by Gasteiger charge is -2.33. The summed E-state index contributed by atoms with van der Waals surface area (Å²) in [5, 5.41) is 0. The first-order valence-corrected chi connectivity index (χ1v) is 8.62. The monoisotopic (exact) mass is 326 g/mol. The lowest BCUT2D eigenvalue weighted by molar-refractivity contribution is 0.108. The van der Waals surface area contributed by atoms with E-state index in [9.17, 15) is 13.2 Å². The van der Waals surface area contributed by atoms with E-state index in [1.807, 2.05) is 32.9 Å². The normalized spacial score (nSPS) is 16.6. The van der Waals surface area contributed by atoms with E-state index in [1.54, 1.807) is 0 Å². The Bertz CT molecular complexity index is 654. The van der Waals surface area contributed by atoms with Gasteiger partial charge in [0.05, 0.1) is 12.0 Å². The van der Waals surface area contributed by atoms with Crippen LogP contribution in [0.25, 0.3) is 0 Å². The molecule has 0 aliphatic carbocycles. The maximum atomic E-state index is 12.9. The largest absolute Gasteiger partial charge is 0.453 e. The van der Waals surface area contributed by atoms with Crippen LogP contribution >= 0.6 is 0 Å². The van der Waals surface area contributed by atoms with Gasteiger partial charge in [-0.25, -0.2) is 13.2 Å². The average Bonchev–Trinajstić information content (AvgIpc) is 2.45. The number of aryl methyl sites for hydroxylation is 3. The van der Waals surface area contributed by atoms with Crippen LogP contribution < -0.4 is 0 Å². The van der Waals surface area contributed by atoms with E-state index in [0.717, 1.165) is 16.7 Å². The fourth-order valence-corrected chi connectivity index (χ4v) is 4.78. The van der Waals surface area contributed by atoms with Crippen molar-refractivity contribution in [2.24, 2.45) is 0 Å². The number of carbonyl (C=O) groups excluding carboxylic acids is 1. The van der Waals surface area contributed by atoms with Gasteiger partial charge < -0.3 is 9.64 Å². The van der Waals surface area contributed by atoms with Crippen molar-refractivity contribution in [1.82, 2.24) is 9.21 Å². The van der Waals surface area contributed by atoms with Crippen LogP contribution in [-0.2, 0) is 14.8 Å². The summed E-state index contributed by atoms with van der Waals surface area (Å²) >= 11 is 0. The average molecular weight is 326 g/mol. The number of sulfonamides is 1. The molecule has 22 heavy (non-hydrogen) atoms. The van der Waals surface area contributed by atoms with Crippen molar-refractivity contribution in [1.29, 1.82) is 0 Å². The summed E-state index contributed by atoms with van der Waals surface area (Å²) in [6.07, 6.45) is -0.417. The van der Waals surface area contributed by atoms with Crippen molar-refractivity contribution in [3.8, 4) is 0 Å². The van der Waals surface area contributed by atoms with Crippen LogP contribution in [0.5, 0.6) is 0 Å². The Kier molecular flexibility index (Phi) is 4.77. The van der Waals surface area contributed by atoms with Gasteiger partial charge >= 0.3 is 6.09 Å². The lowest BCUT2D eigenvalue weighted by Crippen LogP contribution is -2.50. The molecule has 0 atom stereocenters. The molecule has 122 valence electrons. The van der Waals surface area contributed by atoms with Gasteiger partial charge in [-0.3, -0.25) is 0 Å². The zero-order valence-electron chi connectivity index (χ0n) is 13.4. The molecule has 0 bridgehead atoms. The van der Waals surface area contributed by atoms with Gasteiger partial charge in [-0.1, -0.05) is 17.7 Å². The number of rotatable bonds is 2. The van der Waals surface area contributed by atoms with Gasteiger partial charge in [0.1, 0.15) is 0 Å². The minimum atomic E-state index is -3.54. The third kappa shape index (κ3) is 3.10. The second kappa shape index (κ2) is 6.26. The summed E-state index contributed by atoms with van der Waals surface area (Å²) in [5.74, 6) is 0. The molecule has 1 heterocycles. The summed E-state index contributed by atoms with van der Waals surface area (Å²) in [7, 11) is -2.22.